The number of nitrogens with zero attached hydrogens (tertiary/aromatic N) is 3. The van der Waals surface area contributed by atoms with Gasteiger partial charge >= 0.3 is 0 Å². The number of azide groups is 1. The summed E-state index contributed by atoms with van der Waals surface area (Å²) in [4.78, 5) is 2.99. The van der Waals surface area contributed by atoms with Gasteiger partial charge in [-0.25, -0.2) is 0 Å². The fourth-order valence-corrected chi connectivity index (χ4v) is 1.94. The van der Waals surface area contributed by atoms with E-state index in [4.69, 9.17) is 5.53 Å². The fraction of sp³-hybridized carbons (Fsp3) is 1.00. The minimum absolute atomic E-state index is 0.0533. The average molecular weight is 225 g/mol. The van der Waals surface area contributed by atoms with Crippen molar-refractivity contribution in [3.63, 3.8) is 0 Å². The molecule has 0 aliphatic rings. The molecule has 16 heavy (non-hydrogen) atoms. The zero-order valence-electron chi connectivity index (χ0n) is 12.3. The van der Waals surface area contributed by atoms with Crippen LogP contribution in [0.2, 0.25) is 0 Å². The first-order chi connectivity index (χ1) is 6.81. The lowest BCUT2D eigenvalue weighted by Gasteiger charge is -2.56. The highest BCUT2D eigenvalue weighted by Crippen LogP contribution is 2.56. The van der Waals surface area contributed by atoms with Crippen LogP contribution in [0.25, 0.3) is 10.4 Å². The lowest BCUT2D eigenvalue weighted by Crippen LogP contribution is -2.53. The van der Waals surface area contributed by atoms with Gasteiger partial charge in [-0.3, -0.25) is 0 Å². The molecule has 3 nitrogen and oxygen atoms in total. The Balaban J connectivity index is 5.61. The summed E-state index contributed by atoms with van der Waals surface area (Å²) < 4.78 is 0. The second-order valence-corrected chi connectivity index (χ2v) is 7.25. The standard InChI is InChI=1S/C13H27N3/c1-10(2,3)11(4,5)12(6,7)13(8,9)15-16-14/h1-9H3. The van der Waals surface area contributed by atoms with Gasteiger partial charge in [-0.05, 0) is 21.8 Å². The predicted molar refractivity (Wildman–Crippen MR) is 70.2 cm³/mol. The van der Waals surface area contributed by atoms with E-state index in [9.17, 15) is 0 Å². The molecule has 0 aromatic rings. The molecule has 0 spiro atoms. The summed E-state index contributed by atoms with van der Waals surface area (Å²) in [7, 11) is 0. The van der Waals surface area contributed by atoms with Crippen molar-refractivity contribution in [2.75, 3.05) is 0 Å². The van der Waals surface area contributed by atoms with Crippen molar-refractivity contribution in [1.29, 1.82) is 0 Å². The van der Waals surface area contributed by atoms with E-state index >= 15 is 0 Å². The van der Waals surface area contributed by atoms with Gasteiger partial charge < -0.3 is 0 Å². The number of hydrogen-bond donors (Lipinski definition) is 0. The summed E-state index contributed by atoms with van der Waals surface area (Å²) in [5.41, 5.74) is 8.40. The Hall–Kier alpha value is -0.690. The Labute approximate surface area is 100 Å². The van der Waals surface area contributed by atoms with Crippen LogP contribution < -0.4 is 0 Å². The average Bonchev–Trinajstić information content (AvgIpc) is 2.01. The third-order valence-electron chi connectivity index (χ3n) is 5.26. The van der Waals surface area contributed by atoms with Crippen LogP contribution in [0.3, 0.4) is 0 Å². The molecule has 0 fully saturated rings. The molecule has 0 aromatic carbocycles. The van der Waals surface area contributed by atoms with Crippen molar-refractivity contribution in [3.05, 3.63) is 10.4 Å². The molecule has 0 atom stereocenters. The second kappa shape index (κ2) is 3.96. The normalized spacial score (nSPS) is 14.6. The molecule has 0 bridgehead atoms. The smallest absolute Gasteiger partial charge is 0.0488 e. The van der Waals surface area contributed by atoms with Crippen LogP contribution in [0.4, 0.5) is 0 Å². The molecule has 0 N–H and O–H groups in total. The highest BCUT2D eigenvalue weighted by Gasteiger charge is 2.52. The van der Waals surface area contributed by atoms with E-state index in [1.165, 1.54) is 0 Å². The highest BCUT2D eigenvalue weighted by atomic mass is 15.2. The fourth-order valence-electron chi connectivity index (χ4n) is 1.94. The first kappa shape index (κ1) is 15.3. The summed E-state index contributed by atoms with van der Waals surface area (Å²) in [5, 5.41) is 3.99. The molecule has 0 heterocycles. The summed E-state index contributed by atoms with van der Waals surface area (Å²) in [5.74, 6) is 0. The van der Waals surface area contributed by atoms with Gasteiger partial charge in [-0.2, -0.15) is 0 Å². The largest absolute Gasteiger partial charge is 0.0873 e. The first-order valence-electron chi connectivity index (χ1n) is 5.87. The van der Waals surface area contributed by atoms with Gasteiger partial charge in [0.1, 0.15) is 0 Å². The predicted octanol–water partition coefficient (Wildman–Crippen LogP) is 5.17. The van der Waals surface area contributed by atoms with E-state index in [-0.39, 0.29) is 16.2 Å². The molecule has 0 unspecified atom stereocenters. The molecular formula is C13H27N3. The van der Waals surface area contributed by atoms with Gasteiger partial charge in [0.15, 0.2) is 0 Å². The Morgan fingerprint density at radius 1 is 0.750 bits per heavy atom. The van der Waals surface area contributed by atoms with Crippen LogP contribution in [0, 0.1) is 16.2 Å². The highest BCUT2D eigenvalue weighted by molar-refractivity contribution is 5.05. The van der Waals surface area contributed by atoms with E-state index in [1.54, 1.807) is 0 Å². The Morgan fingerprint density at radius 3 is 1.38 bits per heavy atom. The first-order valence-corrected chi connectivity index (χ1v) is 5.87. The van der Waals surface area contributed by atoms with Gasteiger partial charge in [0.25, 0.3) is 0 Å². The number of hydrogen-bond acceptors (Lipinski definition) is 1. The molecule has 0 aromatic heterocycles. The van der Waals surface area contributed by atoms with Crippen LogP contribution in [0.1, 0.15) is 62.3 Å². The van der Waals surface area contributed by atoms with Gasteiger partial charge in [0.2, 0.25) is 0 Å². The third-order valence-corrected chi connectivity index (χ3v) is 5.26. The van der Waals surface area contributed by atoms with Gasteiger partial charge in [-0.15, -0.1) is 0 Å². The molecule has 3 heteroatoms. The molecular weight excluding hydrogens is 198 g/mol. The van der Waals surface area contributed by atoms with E-state index in [2.05, 4.69) is 58.5 Å². The van der Waals surface area contributed by atoms with Crippen LogP contribution in [-0.2, 0) is 0 Å². The third kappa shape index (κ3) is 2.20. The van der Waals surface area contributed by atoms with E-state index < -0.39 is 5.54 Å². The molecule has 94 valence electrons. The molecule has 0 saturated carbocycles. The van der Waals surface area contributed by atoms with Crippen molar-refractivity contribution in [1.82, 2.24) is 0 Å². The summed E-state index contributed by atoms with van der Waals surface area (Å²) in [6.07, 6.45) is 0. The second-order valence-electron chi connectivity index (χ2n) is 7.25. The minimum atomic E-state index is -0.404. The van der Waals surface area contributed by atoms with Gasteiger partial charge in [0, 0.05) is 10.5 Å². The van der Waals surface area contributed by atoms with E-state index in [0.717, 1.165) is 0 Å². The zero-order valence-corrected chi connectivity index (χ0v) is 12.3. The van der Waals surface area contributed by atoms with E-state index in [1.807, 2.05) is 13.8 Å². The van der Waals surface area contributed by atoms with Crippen molar-refractivity contribution >= 4 is 0 Å². The Morgan fingerprint density at radius 2 is 1.12 bits per heavy atom. The minimum Gasteiger partial charge on any atom is -0.0873 e. The van der Waals surface area contributed by atoms with Crippen LogP contribution in [0.5, 0.6) is 0 Å². The maximum absolute atomic E-state index is 8.69. The summed E-state index contributed by atoms with van der Waals surface area (Å²) in [6, 6.07) is 0. The van der Waals surface area contributed by atoms with Crippen molar-refractivity contribution in [2.24, 2.45) is 21.4 Å². The van der Waals surface area contributed by atoms with Crippen molar-refractivity contribution in [3.8, 4) is 0 Å². The zero-order chi connectivity index (χ0) is 13.4. The van der Waals surface area contributed by atoms with Gasteiger partial charge in [0.05, 0.1) is 0 Å². The molecule has 0 aliphatic carbocycles. The molecule has 0 saturated heterocycles. The quantitative estimate of drug-likeness (QED) is 0.361. The van der Waals surface area contributed by atoms with E-state index in [0.29, 0.717) is 0 Å². The lowest BCUT2D eigenvalue weighted by molar-refractivity contribution is -0.0503. The maximum atomic E-state index is 8.69. The number of rotatable bonds is 3. The molecule has 0 amide bonds. The van der Waals surface area contributed by atoms with Crippen LogP contribution in [-0.4, -0.2) is 5.54 Å². The van der Waals surface area contributed by atoms with Crippen LogP contribution in [0.15, 0.2) is 5.11 Å². The monoisotopic (exact) mass is 225 g/mol. The molecule has 0 aliphatic heterocycles. The molecule has 0 rings (SSSR count). The Kier molecular flexibility index (Phi) is 3.79. The Bertz CT molecular complexity index is 300. The topological polar surface area (TPSA) is 48.8 Å². The lowest BCUT2D eigenvalue weighted by atomic mass is 9.50. The maximum Gasteiger partial charge on any atom is 0.0488 e. The SMILES string of the molecule is CC(C)(C)C(C)(C)C(C)(C)C(C)(C)N=[N+]=[N-]. The van der Waals surface area contributed by atoms with Crippen LogP contribution >= 0.6 is 0 Å². The summed E-state index contributed by atoms with van der Waals surface area (Å²) in [6.45, 7) is 19.6. The van der Waals surface area contributed by atoms with Crippen molar-refractivity contribution < 1.29 is 0 Å². The van der Waals surface area contributed by atoms with Crippen molar-refractivity contribution in [2.45, 2.75) is 67.9 Å². The summed E-state index contributed by atoms with van der Waals surface area (Å²) >= 11 is 0. The molecule has 0 radical (unpaired) electrons. The van der Waals surface area contributed by atoms with Gasteiger partial charge in [-0.1, -0.05) is 67.4 Å².